The highest BCUT2D eigenvalue weighted by molar-refractivity contribution is 5.86. The van der Waals surface area contributed by atoms with E-state index in [0.29, 0.717) is 25.7 Å². The first kappa shape index (κ1) is 19.5. The number of nitrogens with one attached hydrogen (secondary N) is 1. The van der Waals surface area contributed by atoms with Gasteiger partial charge in [-0.1, -0.05) is 20.3 Å². The van der Waals surface area contributed by atoms with Crippen molar-refractivity contribution >= 4 is 17.8 Å². The molecule has 2 N–H and O–H groups in total. The van der Waals surface area contributed by atoms with Crippen molar-refractivity contribution in [2.45, 2.75) is 71.9 Å². The number of amides is 1. The largest absolute Gasteiger partial charge is 0.481 e. The molecule has 1 rings (SSSR count). The van der Waals surface area contributed by atoms with Gasteiger partial charge in [-0.2, -0.15) is 0 Å². The highest BCUT2D eigenvalue weighted by Crippen LogP contribution is 2.29. The van der Waals surface area contributed by atoms with E-state index in [4.69, 9.17) is 9.84 Å². The number of carboxylic acid groups (broad SMARTS) is 1. The topological polar surface area (TPSA) is 92.7 Å². The minimum absolute atomic E-state index is 0.104. The van der Waals surface area contributed by atoms with Crippen molar-refractivity contribution in [2.75, 3.05) is 0 Å². The number of rotatable bonds is 5. The Kier molecular flexibility index (Phi) is 6.59. The van der Waals surface area contributed by atoms with Crippen molar-refractivity contribution in [3.05, 3.63) is 0 Å². The third-order valence-corrected chi connectivity index (χ3v) is 4.02. The number of ether oxygens (including phenoxy) is 1. The molecule has 132 valence electrons. The first-order valence-corrected chi connectivity index (χ1v) is 8.27. The summed E-state index contributed by atoms with van der Waals surface area (Å²) < 4.78 is 5.36. The second-order valence-corrected chi connectivity index (χ2v) is 7.66. The monoisotopic (exact) mass is 327 g/mol. The lowest BCUT2D eigenvalue weighted by Gasteiger charge is -2.30. The van der Waals surface area contributed by atoms with Gasteiger partial charge in [0, 0.05) is 5.92 Å². The molecule has 0 aliphatic heterocycles. The molecular weight excluding hydrogens is 298 g/mol. The van der Waals surface area contributed by atoms with Crippen molar-refractivity contribution in [3.8, 4) is 0 Å². The minimum atomic E-state index is -0.852. The van der Waals surface area contributed by atoms with Crippen LogP contribution < -0.4 is 5.32 Å². The highest BCUT2D eigenvalue weighted by Gasteiger charge is 2.35. The van der Waals surface area contributed by atoms with Crippen LogP contribution >= 0.6 is 0 Å². The van der Waals surface area contributed by atoms with Gasteiger partial charge in [0.2, 0.25) is 5.91 Å². The molecule has 2 unspecified atom stereocenters. The third kappa shape index (κ3) is 6.20. The molecule has 0 spiro atoms. The molecule has 6 nitrogen and oxygen atoms in total. The van der Waals surface area contributed by atoms with Crippen LogP contribution in [0.1, 0.15) is 60.3 Å². The van der Waals surface area contributed by atoms with Gasteiger partial charge in [0.1, 0.15) is 11.6 Å². The molecule has 23 heavy (non-hydrogen) atoms. The Morgan fingerprint density at radius 3 is 2.17 bits per heavy atom. The Hall–Kier alpha value is -1.59. The molecule has 0 aromatic heterocycles. The summed E-state index contributed by atoms with van der Waals surface area (Å²) in [6, 6.07) is -0.716. The van der Waals surface area contributed by atoms with Crippen LogP contribution in [-0.2, 0) is 19.1 Å². The third-order valence-electron chi connectivity index (χ3n) is 4.02. The van der Waals surface area contributed by atoms with E-state index in [1.165, 1.54) is 0 Å². The predicted octanol–water partition coefficient (Wildman–Crippen LogP) is 2.36. The van der Waals surface area contributed by atoms with Gasteiger partial charge in [-0.3, -0.25) is 9.59 Å². The standard InChI is InChI=1S/C17H29NO5/c1-10(2)13(16(22)23-17(3,4)5)18-14(19)11-7-6-8-12(9-11)15(20)21/h10-13H,6-9H2,1-5H3,(H,18,19)(H,20,21)/t11?,12?,13-/m0/s1. The molecule has 1 fully saturated rings. The summed E-state index contributed by atoms with van der Waals surface area (Å²) in [4.78, 5) is 35.8. The molecule has 0 aromatic carbocycles. The van der Waals surface area contributed by atoms with E-state index in [1.807, 2.05) is 13.8 Å². The summed E-state index contributed by atoms with van der Waals surface area (Å²) in [7, 11) is 0. The average molecular weight is 327 g/mol. The lowest BCUT2D eigenvalue weighted by molar-refractivity contribution is -0.160. The zero-order valence-corrected chi connectivity index (χ0v) is 14.7. The van der Waals surface area contributed by atoms with Crippen LogP contribution in [0.2, 0.25) is 0 Å². The molecule has 3 atom stereocenters. The smallest absolute Gasteiger partial charge is 0.329 e. The van der Waals surface area contributed by atoms with E-state index < -0.39 is 29.5 Å². The second-order valence-electron chi connectivity index (χ2n) is 7.66. The molecule has 6 heteroatoms. The van der Waals surface area contributed by atoms with E-state index in [0.717, 1.165) is 0 Å². The normalized spacial score (nSPS) is 23.2. The van der Waals surface area contributed by atoms with Crippen molar-refractivity contribution in [1.82, 2.24) is 5.32 Å². The fourth-order valence-corrected chi connectivity index (χ4v) is 2.79. The molecule has 0 heterocycles. The van der Waals surface area contributed by atoms with E-state index in [9.17, 15) is 14.4 Å². The van der Waals surface area contributed by atoms with E-state index in [1.54, 1.807) is 20.8 Å². The number of aliphatic carboxylic acids is 1. The average Bonchev–Trinajstić information content (AvgIpc) is 2.42. The maximum atomic E-state index is 12.4. The number of carbonyl (C=O) groups is 3. The Bertz CT molecular complexity index is 452. The van der Waals surface area contributed by atoms with Gasteiger partial charge in [-0.05, 0) is 46.0 Å². The van der Waals surface area contributed by atoms with E-state index in [-0.39, 0.29) is 17.7 Å². The van der Waals surface area contributed by atoms with Crippen molar-refractivity contribution in [3.63, 3.8) is 0 Å². The molecule has 0 bridgehead atoms. The van der Waals surface area contributed by atoms with Crippen LogP contribution in [0.5, 0.6) is 0 Å². The minimum Gasteiger partial charge on any atom is -0.481 e. The van der Waals surface area contributed by atoms with Crippen molar-refractivity contribution in [2.24, 2.45) is 17.8 Å². The molecule has 1 aliphatic carbocycles. The summed E-state index contributed by atoms with van der Waals surface area (Å²) in [6.07, 6.45) is 2.32. The molecule has 0 radical (unpaired) electrons. The van der Waals surface area contributed by atoms with Crippen molar-refractivity contribution < 1.29 is 24.2 Å². The van der Waals surface area contributed by atoms with E-state index >= 15 is 0 Å². The van der Waals surface area contributed by atoms with Gasteiger partial charge < -0.3 is 15.2 Å². The van der Waals surface area contributed by atoms with Crippen LogP contribution in [-0.4, -0.2) is 34.6 Å². The maximum absolute atomic E-state index is 12.4. The molecular formula is C17H29NO5. The van der Waals surface area contributed by atoms with Crippen LogP contribution in [0, 0.1) is 17.8 Å². The zero-order valence-electron chi connectivity index (χ0n) is 14.7. The van der Waals surface area contributed by atoms with Gasteiger partial charge in [-0.15, -0.1) is 0 Å². The summed E-state index contributed by atoms with van der Waals surface area (Å²) in [5.74, 6) is -2.48. The highest BCUT2D eigenvalue weighted by atomic mass is 16.6. The first-order chi connectivity index (χ1) is 10.5. The quantitative estimate of drug-likeness (QED) is 0.756. The van der Waals surface area contributed by atoms with Crippen LogP contribution in [0.3, 0.4) is 0 Å². The lowest BCUT2D eigenvalue weighted by atomic mass is 9.81. The van der Waals surface area contributed by atoms with Gasteiger partial charge in [-0.25, -0.2) is 4.79 Å². The summed E-state index contributed by atoms with van der Waals surface area (Å²) in [5.41, 5.74) is -0.617. The second kappa shape index (κ2) is 7.79. The number of esters is 1. The number of carbonyl (C=O) groups excluding carboxylic acids is 2. The Labute approximate surface area is 138 Å². The first-order valence-electron chi connectivity index (χ1n) is 8.27. The zero-order chi connectivity index (χ0) is 17.8. The molecule has 1 aliphatic rings. The number of hydrogen-bond acceptors (Lipinski definition) is 4. The summed E-state index contributed by atoms with van der Waals surface area (Å²) >= 11 is 0. The van der Waals surface area contributed by atoms with Crippen LogP contribution in [0.4, 0.5) is 0 Å². The summed E-state index contributed by atoms with van der Waals surface area (Å²) in [5, 5.41) is 11.9. The Morgan fingerprint density at radius 2 is 1.70 bits per heavy atom. The number of hydrogen-bond donors (Lipinski definition) is 2. The summed E-state index contributed by atoms with van der Waals surface area (Å²) in [6.45, 7) is 9.03. The van der Waals surface area contributed by atoms with Crippen molar-refractivity contribution in [1.29, 1.82) is 0 Å². The van der Waals surface area contributed by atoms with Gasteiger partial charge in [0.15, 0.2) is 0 Å². The lowest BCUT2D eigenvalue weighted by Crippen LogP contribution is -2.49. The molecule has 0 saturated heterocycles. The van der Waals surface area contributed by atoms with Crippen LogP contribution in [0.15, 0.2) is 0 Å². The number of carboxylic acids is 1. The van der Waals surface area contributed by atoms with Gasteiger partial charge >= 0.3 is 11.9 Å². The van der Waals surface area contributed by atoms with Gasteiger partial charge in [0.25, 0.3) is 0 Å². The molecule has 0 aromatic rings. The predicted molar refractivity (Wildman–Crippen MR) is 85.7 cm³/mol. The Balaban J connectivity index is 2.70. The fraction of sp³-hybridized carbons (Fsp3) is 0.824. The molecule has 1 saturated carbocycles. The Morgan fingerprint density at radius 1 is 1.13 bits per heavy atom. The van der Waals surface area contributed by atoms with E-state index in [2.05, 4.69) is 5.32 Å². The SMILES string of the molecule is CC(C)[C@H](NC(=O)C1CCCC(C(=O)O)C1)C(=O)OC(C)(C)C. The maximum Gasteiger partial charge on any atom is 0.329 e. The van der Waals surface area contributed by atoms with Gasteiger partial charge in [0.05, 0.1) is 5.92 Å². The fourth-order valence-electron chi connectivity index (χ4n) is 2.79. The molecule has 1 amide bonds. The van der Waals surface area contributed by atoms with Crippen LogP contribution in [0.25, 0.3) is 0 Å².